The van der Waals surface area contributed by atoms with Crippen LogP contribution in [0.15, 0.2) is 60.7 Å². The van der Waals surface area contributed by atoms with Gasteiger partial charge < -0.3 is 9.47 Å². The maximum atomic E-state index is 13.4. The molecule has 0 aliphatic carbocycles. The van der Waals surface area contributed by atoms with E-state index in [0.717, 1.165) is 11.1 Å². The van der Waals surface area contributed by atoms with Crippen molar-refractivity contribution < 1.29 is 19.1 Å². The second kappa shape index (κ2) is 7.96. The van der Waals surface area contributed by atoms with Crippen molar-refractivity contribution in [3.8, 4) is 0 Å². The highest BCUT2D eigenvalue weighted by Gasteiger charge is 2.61. The quantitative estimate of drug-likeness (QED) is 0.541. The maximum Gasteiger partial charge on any atom is 0.353 e. The standard InChI is InChI=1S/C23H25ClO4/c1-22(2,3)28-21(26)23(19(24)14-16-10-6-4-7-11-16)18(15-20(25)27-23)17-12-8-5-9-13-17/h4-13,18-19H,14-15H2,1-3H3/t18-,19+,23-/m0/s1. The first kappa shape index (κ1) is 20.4. The Labute approximate surface area is 170 Å². The summed E-state index contributed by atoms with van der Waals surface area (Å²) in [6, 6.07) is 19.0. The molecule has 3 rings (SSSR count). The number of cyclic esters (lactones) is 1. The number of esters is 2. The number of benzene rings is 2. The van der Waals surface area contributed by atoms with Crippen molar-refractivity contribution in [3.63, 3.8) is 0 Å². The minimum atomic E-state index is -1.58. The molecule has 1 heterocycles. The zero-order valence-corrected chi connectivity index (χ0v) is 17.1. The number of hydrogen-bond acceptors (Lipinski definition) is 4. The molecule has 0 aromatic heterocycles. The highest BCUT2D eigenvalue weighted by Crippen LogP contribution is 2.47. The fourth-order valence-electron chi connectivity index (χ4n) is 3.59. The lowest BCUT2D eigenvalue weighted by Crippen LogP contribution is -2.54. The molecule has 1 saturated heterocycles. The van der Waals surface area contributed by atoms with Crippen LogP contribution in [0.2, 0.25) is 0 Å². The highest BCUT2D eigenvalue weighted by atomic mass is 35.5. The average molecular weight is 401 g/mol. The van der Waals surface area contributed by atoms with Gasteiger partial charge in [0.15, 0.2) is 0 Å². The first-order chi connectivity index (χ1) is 13.2. The Morgan fingerprint density at radius 1 is 1.14 bits per heavy atom. The largest absolute Gasteiger partial charge is 0.457 e. The number of alkyl halides is 1. The molecule has 1 aliphatic rings. The van der Waals surface area contributed by atoms with Crippen molar-refractivity contribution >= 4 is 23.5 Å². The van der Waals surface area contributed by atoms with Gasteiger partial charge in [-0.15, -0.1) is 11.6 Å². The Balaban J connectivity index is 2.05. The summed E-state index contributed by atoms with van der Waals surface area (Å²) in [5.41, 5.74) is -0.523. The molecule has 0 unspecified atom stereocenters. The van der Waals surface area contributed by atoms with Gasteiger partial charge in [0.05, 0.1) is 11.8 Å². The number of ether oxygens (including phenoxy) is 2. The van der Waals surface area contributed by atoms with Crippen molar-refractivity contribution in [2.75, 3.05) is 0 Å². The zero-order valence-electron chi connectivity index (χ0n) is 16.4. The number of hydrogen-bond donors (Lipinski definition) is 0. The molecule has 0 amide bonds. The predicted octanol–water partition coefficient (Wildman–Crippen LogP) is 4.65. The Morgan fingerprint density at radius 2 is 1.71 bits per heavy atom. The number of rotatable bonds is 5. The summed E-state index contributed by atoms with van der Waals surface area (Å²) < 4.78 is 11.4. The van der Waals surface area contributed by atoms with Crippen molar-refractivity contribution in [2.45, 2.75) is 56.1 Å². The van der Waals surface area contributed by atoms with Crippen LogP contribution in [0.4, 0.5) is 0 Å². The maximum absolute atomic E-state index is 13.4. The van der Waals surface area contributed by atoms with Gasteiger partial charge in [0.1, 0.15) is 5.60 Å². The molecule has 4 nitrogen and oxygen atoms in total. The molecule has 0 bridgehead atoms. The second-order valence-corrected chi connectivity index (χ2v) is 8.62. The third-order valence-electron chi connectivity index (χ3n) is 4.81. The van der Waals surface area contributed by atoms with Crippen LogP contribution in [-0.4, -0.2) is 28.5 Å². The monoisotopic (exact) mass is 400 g/mol. The normalized spacial score (nSPS) is 23.1. The van der Waals surface area contributed by atoms with Crippen molar-refractivity contribution in [3.05, 3.63) is 71.8 Å². The molecule has 0 radical (unpaired) electrons. The fourth-order valence-corrected chi connectivity index (χ4v) is 4.06. The lowest BCUT2D eigenvalue weighted by Gasteiger charge is -2.37. The van der Waals surface area contributed by atoms with E-state index in [1.807, 2.05) is 60.7 Å². The number of halogens is 1. The van der Waals surface area contributed by atoms with E-state index < -0.39 is 34.4 Å². The summed E-state index contributed by atoms with van der Waals surface area (Å²) >= 11 is 6.83. The summed E-state index contributed by atoms with van der Waals surface area (Å²) in [6.45, 7) is 5.36. The summed E-state index contributed by atoms with van der Waals surface area (Å²) in [5, 5.41) is -0.776. The van der Waals surface area contributed by atoms with Gasteiger partial charge >= 0.3 is 11.9 Å². The molecular formula is C23H25ClO4. The van der Waals surface area contributed by atoms with E-state index in [2.05, 4.69) is 0 Å². The molecular weight excluding hydrogens is 376 g/mol. The first-order valence-electron chi connectivity index (χ1n) is 9.40. The summed E-state index contributed by atoms with van der Waals surface area (Å²) in [4.78, 5) is 25.7. The molecule has 1 fully saturated rings. The van der Waals surface area contributed by atoms with Gasteiger partial charge in [0.25, 0.3) is 0 Å². The first-order valence-corrected chi connectivity index (χ1v) is 9.84. The van der Waals surface area contributed by atoms with E-state index in [4.69, 9.17) is 21.1 Å². The van der Waals surface area contributed by atoms with Gasteiger partial charge in [0.2, 0.25) is 5.60 Å². The molecule has 5 heteroatoms. The lowest BCUT2D eigenvalue weighted by molar-refractivity contribution is -0.184. The molecule has 0 spiro atoms. The van der Waals surface area contributed by atoms with E-state index in [1.165, 1.54) is 0 Å². The molecule has 0 N–H and O–H groups in total. The van der Waals surface area contributed by atoms with Crippen LogP contribution >= 0.6 is 11.6 Å². The van der Waals surface area contributed by atoms with E-state index in [1.54, 1.807) is 20.8 Å². The Hall–Kier alpha value is -2.33. The topological polar surface area (TPSA) is 52.6 Å². The van der Waals surface area contributed by atoms with Crippen LogP contribution in [0.25, 0.3) is 0 Å². The molecule has 2 aromatic rings. The predicted molar refractivity (Wildman–Crippen MR) is 108 cm³/mol. The van der Waals surface area contributed by atoms with Crippen LogP contribution in [0.5, 0.6) is 0 Å². The van der Waals surface area contributed by atoms with E-state index in [9.17, 15) is 9.59 Å². The van der Waals surface area contributed by atoms with Gasteiger partial charge in [0, 0.05) is 5.92 Å². The smallest absolute Gasteiger partial charge is 0.353 e. The van der Waals surface area contributed by atoms with Crippen LogP contribution in [0, 0.1) is 0 Å². The Morgan fingerprint density at radius 3 is 2.29 bits per heavy atom. The Kier molecular flexibility index (Phi) is 5.80. The lowest BCUT2D eigenvalue weighted by atomic mass is 9.78. The van der Waals surface area contributed by atoms with Crippen molar-refractivity contribution in [1.82, 2.24) is 0 Å². The minimum absolute atomic E-state index is 0.0846. The molecule has 3 atom stereocenters. The van der Waals surface area contributed by atoms with Crippen LogP contribution in [0.1, 0.15) is 44.2 Å². The Bertz CT molecular complexity index is 829. The van der Waals surface area contributed by atoms with Gasteiger partial charge in [-0.1, -0.05) is 60.7 Å². The van der Waals surface area contributed by atoms with E-state index in [0.29, 0.717) is 6.42 Å². The van der Waals surface area contributed by atoms with Gasteiger partial charge in [-0.05, 0) is 38.3 Å². The van der Waals surface area contributed by atoms with Crippen LogP contribution in [0.3, 0.4) is 0 Å². The molecule has 148 valence electrons. The number of carbonyl (C=O) groups excluding carboxylic acids is 2. The van der Waals surface area contributed by atoms with Gasteiger partial charge in [-0.3, -0.25) is 4.79 Å². The van der Waals surface area contributed by atoms with Crippen LogP contribution in [-0.2, 0) is 25.5 Å². The summed E-state index contributed by atoms with van der Waals surface area (Å²) in [7, 11) is 0. The van der Waals surface area contributed by atoms with Crippen molar-refractivity contribution in [1.29, 1.82) is 0 Å². The fraction of sp³-hybridized carbons (Fsp3) is 0.391. The highest BCUT2D eigenvalue weighted by molar-refractivity contribution is 6.24. The third kappa shape index (κ3) is 4.22. The van der Waals surface area contributed by atoms with Gasteiger partial charge in [-0.25, -0.2) is 4.79 Å². The molecule has 1 aliphatic heterocycles. The van der Waals surface area contributed by atoms with Gasteiger partial charge in [-0.2, -0.15) is 0 Å². The summed E-state index contributed by atoms with van der Waals surface area (Å²) in [5.74, 6) is -1.56. The number of carbonyl (C=O) groups is 2. The zero-order chi connectivity index (χ0) is 20.4. The second-order valence-electron chi connectivity index (χ2n) is 8.09. The average Bonchev–Trinajstić information content (AvgIpc) is 3.00. The van der Waals surface area contributed by atoms with Crippen LogP contribution < -0.4 is 0 Å². The summed E-state index contributed by atoms with van der Waals surface area (Å²) in [6.07, 6.45) is 0.458. The third-order valence-corrected chi connectivity index (χ3v) is 5.29. The SMILES string of the molecule is CC(C)(C)OC(=O)[C@]1([C@H](Cl)Cc2ccccc2)OC(=O)C[C@H]1c1ccccc1. The van der Waals surface area contributed by atoms with E-state index in [-0.39, 0.29) is 6.42 Å². The van der Waals surface area contributed by atoms with E-state index >= 15 is 0 Å². The molecule has 28 heavy (non-hydrogen) atoms. The minimum Gasteiger partial charge on any atom is -0.457 e. The van der Waals surface area contributed by atoms with Crippen molar-refractivity contribution in [2.24, 2.45) is 0 Å². The molecule has 0 saturated carbocycles. The molecule has 2 aromatic carbocycles.